The van der Waals surface area contributed by atoms with Crippen molar-refractivity contribution in [3.8, 4) is 0 Å². The average Bonchev–Trinajstić information content (AvgIpc) is 1.88. The summed E-state index contributed by atoms with van der Waals surface area (Å²) in [5.41, 5.74) is 1.34. The third-order valence-corrected chi connectivity index (χ3v) is 1.62. The summed E-state index contributed by atoms with van der Waals surface area (Å²) in [5, 5.41) is 0. The Morgan fingerprint density at radius 3 is 2.70 bits per heavy atom. The van der Waals surface area contributed by atoms with Crippen molar-refractivity contribution < 1.29 is 4.39 Å². The maximum absolute atomic E-state index is 12.7. The van der Waals surface area contributed by atoms with Crippen LogP contribution in [0.3, 0.4) is 0 Å². The van der Waals surface area contributed by atoms with E-state index in [0.29, 0.717) is 5.56 Å². The van der Waals surface area contributed by atoms with Crippen LogP contribution in [0.4, 0.5) is 4.39 Å². The van der Waals surface area contributed by atoms with Gasteiger partial charge in [-0.15, -0.1) is 11.6 Å². The van der Waals surface area contributed by atoms with E-state index in [4.69, 9.17) is 11.6 Å². The predicted octanol–water partition coefficient (Wildman–Crippen LogP) is 2.27. The molecule has 0 bridgehead atoms. The van der Waals surface area contributed by atoms with E-state index >= 15 is 0 Å². The van der Waals surface area contributed by atoms with E-state index in [0.717, 1.165) is 5.56 Å². The molecule has 0 spiro atoms. The molecular formula is C7H7ClFN. The lowest BCUT2D eigenvalue weighted by molar-refractivity contribution is 0.608. The summed E-state index contributed by atoms with van der Waals surface area (Å²) in [6.45, 7) is 1.79. The van der Waals surface area contributed by atoms with Crippen molar-refractivity contribution in [1.29, 1.82) is 0 Å². The molecule has 1 aromatic rings. The maximum atomic E-state index is 12.7. The third kappa shape index (κ3) is 1.27. The molecule has 0 aliphatic rings. The summed E-state index contributed by atoms with van der Waals surface area (Å²) in [4.78, 5) is 3.66. The molecule has 0 saturated heterocycles. The lowest BCUT2D eigenvalue weighted by atomic mass is 10.2. The molecule has 0 aromatic carbocycles. The van der Waals surface area contributed by atoms with Crippen molar-refractivity contribution in [2.24, 2.45) is 0 Å². The molecule has 0 unspecified atom stereocenters. The zero-order valence-corrected chi connectivity index (χ0v) is 6.32. The third-order valence-electron chi connectivity index (χ3n) is 1.35. The number of aromatic nitrogens is 1. The molecule has 0 amide bonds. The fourth-order valence-corrected chi connectivity index (χ4v) is 1.07. The molecule has 0 atom stereocenters. The normalized spacial score (nSPS) is 9.90. The van der Waals surface area contributed by atoms with Gasteiger partial charge in [-0.3, -0.25) is 4.98 Å². The predicted molar refractivity (Wildman–Crippen MR) is 38.5 cm³/mol. The quantitative estimate of drug-likeness (QED) is 0.573. The van der Waals surface area contributed by atoms with Crippen LogP contribution < -0.4 is 0 Å². The first-order valence-corrected chi connectivity index (χ1v) is 3.44. The Morgan fingerprint density at radius 2 is 2.30 bits per heavy atom. The van der Waals surface area contributed by atoms with E-state index in [2.05, 4.69) is 4.98 Å². The molecule has 10 heavy (non-hydrogen) atoms. The SMILES string of the molecule is Cc1cncc(F)c1CCl. The lowest BCUT2D eigenvalue weighted by Crippen LogP contribution is -1.91. The number of hydrogen-bond donors (Lipinski definition) is 0. The minimum atomic E-state index is -0.324. The Bertz CT molecular complexity index is 217. The van der Waals surface area contributed by atoms with Crippen molar-refractivity contribution >= 4 is 11.6 Å². The average molecular weight is 160 g/mol. The molecule has 0 saturated carbocycles. The highest BCUT2D eigenvalue weighted by Gasteiger charge is 2.02. The molecule has 1 rings (SSSR count). The first-order valence-electron chi connectivity index (χ1n) is 2.90. The summed E-state index contributed by atoms with van der Waals surface area (Å²) in [5.74, 6) is -0.116. The number of aryl methyl sites for hydroxylation is 1. The van der Waals surface area contributed by atoms with Gasteiger partial charge in [0.2, 0.25) is 0 Å². The molecule has 3 heteroatoms. The van der Waals surface area contributed by atoms with Gasteiger partial charge in [0.05, 0.1) is 12.1 Å². The molecule has 0 N–H and O–H groups in total. The minimum Gasteiger partial charge on any atom is -0.261 e. The van der Waals surface area contributed by atoms with Gasteiger partial charge < -0.3 is 0 Å². The molecule has 0 aliphatic heterocycles. The Morgan fingerprint density at radius 1 is 1.60 bits per heavy atom. The standard InChI is InChI=1S/C7H7ClFN/c1-5-3-10-4-7(9)6(5)2-8/h3-4H,2H2,1H3. The number of pyridine rings is 1. The van der Waals surface area contributed by atoms with Crippen LogP contribution >= 0.6 is 11.6 Å². The fraction of sp³-hybridized carbons (Fsp3) is 0.286. The maximum Gasteiger partial charge on any atom is 0.146 e. The van der Waals surface area contributed by atoms with Crippen LogP contribution in [-0.2, 0) is 5.88 Å². The summed E-state index contributed by atoms with van der Waals surface area (Å²) in [6, 6.07) is 0. The molecule has 1 nitrogen and oxygen atoms in total. The van der Waals surface area contributed by atoms with E-state index < -0.39 is 0 Å². The first-order chi connectivity index (χ1) is 4.75. The van der Waals surface area contributed by atoms with E-state index in [1.807, 2.05) is 0 Å². The largest absolute Gasteiger partial charge is 0.261 e. The smallest absolute Gasteiger partial charge is 0.146 e. The van der Waals surface area contributed by atoms with Crippen LogP contribution in [0.1, 0.15) is 11.1 Å². The second-order valence-corrected chi connectivity index (χ2v) is 2.32. The fourth-order valence-electron chi connectivity index (χ4n) is 0.728. The van der Waals surface area contributed by atoms with Gasteiger partial charge in [0.15, 0.2) is 0 Å². The van der Waals surface area contributed by atoms with E-state index in [-0.39, 0.29) is 11.7 Å². The lowest BCUT2D eigenvalue weighted by Gasteiger charge is -1.99. The zero-order valence-electron chi connectivity index (χ0n) is 5.56. The van der Waals surface area contributed by atoms with Crippen LogP contribution in [0.2, 0.25) is 0 Å². The molecule has 1 aromatic heterocycles. The number of hydrogen-bond acceptors (Lipinski definition) is 1. The molecule has 54 valence electrons. The molecule has 0 radical (unpaired) electrons. The van der Waals surface area contributed by atoms with Crippen LogP contribution in [0, 0.1) is 12.7 Å². The highest BCUT2D eigenvalue weighted by atomic mass is 35.5. The van der Waals surface area contributed by atoms with E-state index in [1.165, 1.54) is 6.20 Å². The number of halogens is 2. The Hall–Kier alpha value is -0.630. The molecule has 0 aliphatic carbocycles. The summed E-state index contributed by atoms with van der Waals surface area (Å²) in [6.07, 6.45) is 2.77. The van der Waals surface area contributed by atoms with Crippen molar-refractivity contribution in [2.45, 2.75) is 12.8 Å². The monoisotopic (exact) mass is 159 g/mol. The zero-order chi connectivity index (χ0) is 7.56. The Labute approximate surface area is 63.8 Å². The van der Waals surface area contributed by atoms with E-state index in [9.17, 15) is 4.39 Å². The van der Waals surface area contributed by atoms with Gasteiger partial charge in [0.25, 0.3) is 0 Å². The Balaban J connectivity index is 3.17. The second-order valence-electron chi connectivity index (χ2n) is 2.05. The van der Waals surface area contributed by atoms with Gasteiger partial charge in [-0.2, -0.15) is 0 Å². The van der Waals surface area contributed by atoms with E-state index in [1.54, 1.807) is 13.1 Å². The summed E-state index contributed by atoms with van der Waals surface area (Å²) < 4.78 is 12.7. The van der Waals surface area contributed by atoms with Gasteiger partial charge >= 0.3 is 0 Å². The minimum absolute atomic E-state index is 0.209. The molecule has 0 fully saturated rings. The first kappa shape index (κ1) is 7.48. The molecule has 1 heterocycles. The van der Waals surface area contributed by atoms with Crippen molar-refractivity contribution in [3.05, 3.63) is 29.3 Å². The van der Waals surface area contributed by atoms with Gasteiger partial charge in [-0.25, -0.2) is 4.39 Å². The van der Waals surface area contributed by atoms with Crippen LogP contribution in [-0.4, -0.2) is 4.98 Å². The van der Waals surface area contributed by atoms with Crippen LogP contribution in [0.25, 0.3) is 0 Å². The summed E-state index contributed by atoms with van der Waals surface area (Å²) in [7, 11) is 0. The topological polar surface area (TPSA) is 12.9 Å². The Kier molecular flexibility index (Phi) is 2.22. The number of nitrogens with zero attached hydrogens (tertiary/aromatic N) is 1. The molecular weight excluding hydrogens is 153 g/mol. The second kappa shape index (κ2) is 2.97. The highest BCUT2D eigenvalue weighted by Crippen LogP contribution is 2.12. The van der Waals surface area contributed by atoms with Gasteiger partial charge in [-0.05, 0) is 12.5 Å². The number of rotatable bonds is 1. The van der Waals surface area contributed by atoms with Crippen molar-refractivity contribution in [1.82, 2.24) is 4.98 Å². The van der Waals surface area contributed by atoms with Gasteiger partial charge in [0, 0.05) is 11.8 Å². The van der Waals surface area contributed by atoms with Crippen LogP contribution in [0.5, 0.6) is 0 Å². The summed E-state index contributed by atoms with van der Waals surface area (Å²) >= 11 is 5.47. The van der Waals surface area contributed by atoms with Gasteiger partial charge in [-0.1, -0.05) is 0 Å². The van der Waals surface area contributed by atoms with Crippen molar-refractivity contribution in [3.63, 3.8) is 0 Å². The van der Waals surface area contributed by atoms with Crippen LogP contribution in [0.15, 0.2) is 12.4 Å². The highest BCUT2D eigenvalue weighted by molar-refractivity contribution is 6.17. The van der Waals surface area contributed by atoms with Gasteiger partial charge in [0.1, 0.15) is 5.82 Å². The number of alkyl halides is 1. The van der Waals surface area contributed by atoms with Crippen molar-refractivity contribution in [2.75, 3.05) is 0 Å².